The molecule has 0 heterocycles. The van der Waals surface area contributed by atoms with Gasteiger partial charge in [0.2, 0.25) is 0 Å². The molecule has 0 N–H and O–H groups in total. The topological polar surface area (TPSA) is 29.5 Å². The van der Waals surface area contributed by atoms with E-state index in [0.717, 1.165) is 17.4 Å². The Hall–Kier alpha value is -0.870. The summed E-state index contributed by atoms with van der Waals surface area (Å²) in [5.41, 5.74) is 1.25. The number of benzene rings is 1. The molecule has 1 aromatic carbocycles. The van der Waals surface area contributed by atoms with Gasteiger partial charge in [-0.15, -0.1) is 0 Å². The number of esters is 1. The Labute approximate surface area is 111 Å². The fraction of sp³-hybridized carbons (Fsp3) is 0.462. The van der Waals surface area contributed by atoms with Gasteiger partial charge in [-0.1, -0.05) is 34.1 Å². The van der Waals surface area contributed by atoms with E-state index in [2.05, 4.69) is 22.0 Å². The maximum atomic E-state index is 11.3. The van der Waals surface area contributed by atoms with Gasteiger partial charge in [-0.05, 0) is 32.0 Å². The van der Waals surface area contributed by atoms with Crippen LogP contribution in [-0.2, 0) is 16.0 Å². The Morgan fingerprint density at radius 1 is 1.41 bits per heavy atom. The number of ether oxygens (including phenoxy) is 1. The van der Waals surface area contributed by atoms with Crippen molar-refractivity contribution in [1.82, 2.24) is 4.90 Å². The smallest absolute Gasteiger partial charge is 0.320 e. The molecule has 0 radical (unpaired) electrons. The first kappa shape index (κ1) is 14.2. The molecule has 0 fully saturated rings. The predicted molar refractivity (Wildman–Crippen MR) is 72.0 cm³/mol. The summed E-state index contributed by atoms with van der Waals surface area (Å²) in [5, 5.41) is 0. The van der Waals surface area contributed by atoms with E-state index in [-0.39, 0.29) is 5.97 Å². The van der Waals surface area contributed by atoms with Crippen LogP contribution in [0.4, 0.5) is 0 Å². The molecule has 0 aliphatic rings. The average molecular weight is 300 g/mol. The van der Waals surface area contributed by atoms with Crippen LogP contribution in [0.3, 0.4) is 0 Å². The molecule has 0 saturated carbocycles. The van der Waals surface area contributed by atoms with Crippen LogP contribution in [0.1, 0.15) is 12.5 Å². The van der Waals surface area contributed by atoms with Gasteiger partial charge in [0.25, 0.3) is 0 Å². The van der Waals surface area contributed by atoms with Crippen LogP contribution in [0.25, 0.3) is 0 Å². The number of hydrogen-bond acceptors (Lipinski definition) is 3. The van der Waals surface area contributed by atoms with Crippen LogP contribution in [0.2, 0.25) is 0 Å². The minimum Gasteiger partial charge on any atom is -0.465 e. The van der Waals surface area contributed by atoms with Gasteiger partial charge < -0.3 is 4.74 Å². The second-order valence-corrected chi connectivity index (χ2v) is 4.74. The minimum absolute atomic E-state index is 0.165. The molecule has 0 atom stereocenters. The van der Waals surface area contributed by atoms with Crippen molar-refractivity contribution in [2.24, 2.45) is 0 Å². The standard InChI is InChI=1S/C13H18BrNO2/c1-3-17-13(16)10-15(2)9-8-11-6-4-5-7-12(11)14/h4-7H,3,8-10H2,1-2H3. The van der Waals surface area contributed by atoms with Crippen molar-refractivity contribution in [3.63, 3.8) is 0 Å². The normalized spacial score (nSPS) is 10.6. The number of rotatable bonds is 6. The Balaban J connectivity index is 2.35. The van der Waals surface area contributed by atoms with E-state index in [9.17, 15) is 4.79 Å². The van der Waals surface area contributed by atoms with Crippen LogP contribution in [0.15, 0.2) is 28.7 Å². The van der Waals surface area contributed by atoms with Gasteiger partial charge in [0, 0.05) is 11.0 Å². The molecule has 1 rings (SSSR count). The molecule has 0 amide bonds. The number of nitrogens with zero attached hydrogens (tertiary/aromatic N) is 1. The fourth-order valence-electron chi connectivity index (χ4n) is 1.52. The molecule has 4 heteroatoms. The van der Waals surface area contributed by atoms with Gasteiger partial charge in [-0.2, -0.15) is 0 Å². The number of carbonyl (C=O) groups is 1. The summed E-state index contributed by atoms with van der Waals surface area (Å²) in [4.78, 5) is 13.2. The predicted octanol–water partition coefficient (Wildman–Crippen LogP) is 2.49. The first-order valence-corrected chi connectivity index (χ1v) is 6.50. The van der Waals surface area contributed by atoms with E-state index in [0.29, 0.717) is 13.2 Å². The summed E-state index contributed by atoms with van der Waals surface area (Å²) in [6, 6.07) is 8.13. The molecule has 0 aliphatic heterocycles. The van der Waals surface area contributed by atoms with E-state index in [1.165, 1.54) is 5.56 Å². The zero-order valence-electron chi connectivity index (χ0n) is 10.3. The Bertz CT molecular complexity index is 368. The molecule has 3 nitrogen and oxygen atoms in total. The van der Waals surface area contributed by atoms with Crippen molar-refractivity contribution in [2.75, 3.05) is 26.7 Å². The maximum Gasteiger partial charge on any atom is 0.320 e. The van der Waals surface area contributed by atoms with E-state index in [1.54, 1.807) is 0 Å². The zero-order valence-corrected chi connectivity index (χ0v) is 11.9. The molecule has 1 aromatic rings. The highest BCUT2D eigenvalue weighted by atomic mass is 79.9. The fourth-order valence-corrected chi connectivity index (χ4v) is 2.00. The number of halogens is 1. The van der Waals surface area contributed by atoms with Crippen LogP contribution in [-0.4, -0.2) is 37.6 Å². The molecule has 0 aromatic heterocycles. The van der Waals surface area contributed by atoms with Crippen molar-refractivity contribution >= 4 is 21.9 Å². The monoisotopic (exact) mass is 299 g/mol. The highest BCUT2D eigenvalue weighted by molar-refractivity contribution is 9.10. The lowest BCUT2D eigenvalue weighted by Gasteiger charge is -2.15. The van der Waals surface area contributed by atoms with Crippen LogP contribution in [0, 0.1) is 0 Å². The van der Waals surface area contributed by atoms with Crippen molar-refractivity contribution in [3.05, 3.63) is 34.3 Å². The Morgan fingerprint density at radius 2 is 2.12 bits per heavy atom. The first-order chi connectivity index (χ1) is 8.13. The van der Waals surface area contributed by atoms with Crippen molar-refractivity contribution < 1.29 is 9.53 Å². The van der Waals surface area contributed by atoms with Gasteiger partial charge in [0.15, 0.2) is 0 Å². The summed E-state index contributed by atoms with van der Waals surface area (Å²) in [6.45, 7) is 3.44. The molecule has 94 valence electrons. The highest BCUT2D eigenvalue weighted by Crippen LogP contribution is 2.16. The van der Waals surface area contributed by atoms with Crippen LogP contribution >= 0.6 is 15.9 Å². The lowest BCUT2D eigenvalue weighted by molar-refractivity contribution is -0.144. The molecule has 0 saturated heterocycles. The third kappa shape index (κ3) is 5.33. The van der Waals surface area contributed by atoms with Crippen molar-refractivity contribution in [2.45, 2.75) is 13.3 Å². The van der Waals surface area contributed by atoms with Gasteiger partial charge in [-0.25, -0.2) is 0 Å². The molecule has 0 spiro atoms. The largest absolute Gasteiger partial charge is 0.465 e. The molecular formula is C13H18BrNO2. The quantitative estimate of drug-likeness (QED) is 0.756. The highest BCUT2D eigenvalue weighted by Gasteiger charge is 2.07. The second kappa shape index (κ2) is 7.45. The molecule has 0 unspecified atom stereocenters. The molecule has 17 heavy (non-hydrogen) atoms. The van der Waals surface area contributed by atoms with E-state index < -0.39 is 0 Å². The Kier molecular flexibility index (Phi) is 6.22. The summed E-state index contributed by atoms with van der Waals surface area (Å²) in [7, 11) is 1.92. The lowest BCUT2D eigenvalue weighted by Crippen LogP contribution is -2.29. The SMILES string of the molecule is CCOC(=O)CN(C)CCc1ccccc1Br. The van der Waals surface area contributed by atoms with Crippen LogP contribution in [0.5, 0.6) is 0 Å². The number of likely N-dealkylation sites (N-methyl/N-ethyl adjacent to an activating group) is 1. The van der Waals surface area contributed by atoms with Crippen molar-refractivity contribution in [1.29, 1.82) is 0 Å². The van der Waals surface area contributed by atoms with Gasteiger partial charge in [0.05, 0.1) is 13.2 Å². The van der Waals surface area contributed by atoms with Gasteiger partial charge in [-0.3, -0.25) is 9.69 Å². The maximum absolute atomic E-state index is 11.3. The Morgan fingerprint density at radius 3 is 2.76 bits per heavy atom. The third-order valence-corrected chi connectivity index (χ3v) is 3.20. The lowest BCUT2D eigenvalue weighted by atomic mass is 10.1. The van der Waals surface area contributed by atoms with Crippen LogP contribution < -0.4 is 0 Å². The zero-order chi connectivity index (χ0) is 12.7. The molecular weight excluding hydrogens is 282 g/mol. The summed E-state index contributed by atoms with van der Waals surface area (Å²) in [6.07, 6.45) is 0.914. The van der Waals surface area contributed by atoms with Crippen molar-refractivity contribution in [3.8, 4) is 0 Å². The third-order valence-electron chi connectivity index (χ3n) is 2.43. The number of carbonyl (C=O) groups excluding carboxylic acids is 1. The summed E-state index contributed by atoms with van der Waals surface area (Å²) >= 11 is 3.51. The van der Waals surface area contributed by atoms with E-state index in [4.69, 9.17) is 4.74 Å². The van der Waals surface area contributed by atoms with Gasteiger partial charge >= 0.3 is 5.97 Å². The first-order valence-electron chi connectivity index (χ1n) is 5.71. The molecule has 0 bridgehead atoms. The van der Waals surface area contributed by atoms with E-state index in [1.807, 2.05) is 37.1 Å². The molecule has 0 aliphatic carbocycles. The van der Waals surface area contributed by atoms with Gasteiger partial charge in [0.1, 0.15) is 0 Å². The van der Waals surface area contributed by atoms with E-state index >= 15 is 0 Å². The minimum atomic E-state index is -0.165. The summed E-state index contributed by atoms with van der Waals surface area (Å²) in [5.74, 6) is -0.165. The second-order valence-electron chi connectivity index (χ2n) is 3.88. The average Bonchev–Trinajstić information content (AvgIpc) is 2.28. The summed E-state index contributed by atoms with van der Waals surface area (Å²) < 4.78 is 6.01. The number of hydrogen-bond donors (Lipinski definition) is 0.